The van der Waals surface area contributed by atoms with Crippen LogP contribution < -0.4 is 5.32 Å². The third-order valence-electron chi connectivity index (χ3n) is 3.46. The van der Waals surface area contributed by atoms with Gasteiger partial charge >= 0.3 is 0 Å². The zero-order valence-corrected chi connectivity index (χ0v) is 13.6. The van der Waals surface area contributed by atoms with Gasteiger partial charge in [-0.2, -0.15) is 0 Å². The number of amides is 1. The van der Waals surface area contributed by atoms with Crippen LogP contribution in [-0.4, -0.2) is 11.7 Å². The van der Waals surface area contributed by atoms with Crippen molar-refractivity contribution in [3.8, 4) is 0 Å². The Kier molecular flexibility index (Phi) is 5.45. The van der Waals surface area contributed by atoms with E-state index in [0.717, 1.165) is 17.0 Å². The third kappa shape index (κ3) is 4.64. The van der Waals surface area contributed by atoms with Gasteiger partial charge < -0.3 is 5.32 Å². The molecule has 0 bridgehead atoms. The van der Waals surface area contributed by atoms with Crippen molar-refractivity contribution in [2.24, 2.45) is 0 Å². The van der Waals surface area contributed by atoms with Crippen LogP contribution in [0.15, 0.2) is 42.5 Å². The van der Waals surface area contributed by atoms with E-state index in [4.69, 9.17) is 0 Å². The van der Waals surface area contributed by atoms with Gasteiger partial charge in [0, 0.05) is 11.4 Å². The summed E-state index contributed by atoms with van der Waals surface area (Å²) >= 11 is 1.64. The maximum atomic E-state index is 12.0. The van der Waals surface area contributed by atoms with E-state index in [2.05, 4.69) is 49.5 Å². The van der Waals surface area contributed by atoms with Gasteiger partial charge in [-0.05, 0) is 43.5 Å². The van der Waals surface area contributed by atoms with E-state index in [0.29, 0.717) is 5.75 Å². The molecule has 0 unspecified atom stereocenters. The van der Waals surface area contributed by atoms with Gasteiger partial charge in [0.15, 0.2) is 0 Å². The molecule has 110 valence electrons. The highest BCUT2D eigenvalue weighted by molar-refractivity contribution is 7.99. The first-order chi connectivity index (χ1) is 10.1. The SMILES string of the molecule is Cc1cccc(CSCC(=O)Nc2cccc(C)c2C)c1. The summed E-state index contributed by atoms with van der Waals surface area (Å²) < 4.78 is 0. The van der Waals surface area contributed by atoms with Gasteiger partial charge in [0.05, 0.1) is 5.75 Å². The number of rotatable bonds is 5. The Labute approximate surface area is 131 Å². The molecule has 21 heavy (non-hydrogen) atoms. The van der Waals surface area contributed by atoms with Crippen LogP contribution in [0, 0.1) is 20.8 Å². The molecule has 2 rings (SSSR count). The van der Waals surface area contributed by atoms with Crippen molar-refractivity contribution < 1.29 is 4.79 Å². The van der Waals surface area contributed by atoms with E-state index in [1.165, 1.54) is 16.7 Å². The molecular formula is C18H21NOS. The third-order valence-corrected chi connectivity index (χ3v) is 4.47. The van der Waals surface area contributed by atoms with Gasteiger partial charge in [-0.15, -0.1) is 11.8 Å². The van der Waals surface area contributed by atoms with Crippen LogP contribution in [0.5, 0.6) is 0 Å². The Morgan fingerprint density at radius 3 is 2.62 bits per heavy atom. The van der Waals surface area contributed by atoms with Gasteiger partial charge in [-0.1, -0.05) is 42.0 Å². The van der Waals surface area contributed by atoms with Crippen LogP contribution in [0.25, 0.3) is 0 Å². The van der Waals surface area contributed by atoms with Crippen molar-refractivity contribution in [3.63, 3.8) is 0 Å². The minimum atomic E-state index is 0.0568. The van der Waals surface area contributed by atoms with Crippen molar-refractivity contribution in [2.75, 3.05) is 11.1 Å². The first-order valence-electron chi connectivity index (χ1n) is 7.05. The first-order valence-corrected chi connectivity index (χ1v) is 8.21. The molecule has 0 fully saturated rings. The Hall–Kier alpha value is -1.74. The maximum absolute atomic E-state index is 12.0. The first kappa shape index (κ1) is 15.6. The second-order valence-electron chi connectivity index (χ2n) is 5.28. The fourth-order valence-electron chi connectivity index (χ4n) is 2.14. The Bertz CT molecular complexity index is 637. The van der Waals surface area contributed by atoms with Crippen LogP contribution in [0.4, 0.5) is 5.69 Å². The van der Waals surface area contributed by atoms with E-state index in [1.807, 2.05) is 19.1 Å². The summed E-state index contributed by atoms with van der Waals surface area (Å²) in [4.78, 5) is 12.0. The minimum Gasteiger partial charge on any atom is -0.325 e. The van der Waals surface area contributed by atoms with Gasteiger partial charge in [0.1, 0.15) is 0 Å². The van der Waals surface area contributed by atoms with E-state index in [1.54, 1.807) is 11.8 Å². The average molecular weight is 299 g/mol. The zero-order valence-electron chi connectivity index (χ0n) is 12.8. The lowest BCUT2D eigenvalue weighted by molar-refractivity contribution is -0.113. The normalized spacial score (nSPS) is 10.4. The lowest BCUT2D eigenvalue weighted by atomic mass is 10.1. The van der Waals surface area contributed by atoms with Gasteiger partial charge in [-0.25, -0.2) is 0 Å². The Morgan fingerprint density at radius 1 is 1.10 bits per heavy atom. The minimum absolute atomic E-state index is 0.0568. The molecule has 0 aliphatic rings. The topological polar surface area (TPSA) is 29.1 Å². The fraction of sp³-hybridized carbons (Fsp3) is 0.278. The molecule has 0 heterocycles. The number of aryl methyl sites for hydroxylation is 2. The van der Waals surface area contributed by atoms with Crippen molar-refractivity contribution in [1.29, 1.82) is 0 Å². The summed E-state index contributed by atoms with van der Waals surface area (Å²) in [5, 5.41) is 2.99. The molecule has 2 aromatic rings. The molecule has 3 heteroatoms. The Balaban J connectivity index is 1.84. The predicted octanol–water partition coefficient (Wildman–Crippen LogP) is 4.48. The molecular weight excluding hydrogens is 278 g/mol. The lowest BCUT2D eigenvalue weighted by Gasteiger charge is -2.10. The maximum Gasteiger partial charge on any atom is 0.234 e. The van der Waals surface area contributed by atoms with E-state index < -0.39 is 0 Å². The molecule has 0 spiro atoms. The highest BCUT2D eigenvalue weighted by Gasteiger charge is 2.06. The molecule has 0 aliphatic heterocycles. The van der Waals surface area contributed by atoms with Gasteiger partial charge in [-0.3, -0.25) is 4.79 Å². The zero-order chi connectivity index (χ0) is 15.2. The van der Waals surface area contributed by atoms with E-state index in [-0.39, 0.29) is 5.91 Å². The van der Waals surface area contributed by atoms with Crippen LogP contribution in [0.2, 0.25) is 0 Å². The Morgan fingerprint density at radius 2 is 1.86 bits per heavy atom. The molecule has 1 amide bonds. The molecule has 0 saturated heterocycles. The number of hydrogen-bond acceptors (Lipinski definition) is 2. The van der Waals surface area contributed by atoms with E-state index in [9.17, 15) is 4.79 Å². The highest BCUT2D eigenvalue weighted by Crippen LogP contribution is 2.19. The van der Waals surface area contributed by atoms with Crippen LogP contribution >= 0.6 is 11.8 Å². The fourth-order valence-corrected chi connectivity index (χ4v) is 2.91. The summed E-state index contributed by atoms with van der Waals surface area (Å²) in [5.41, 5.74) is 5.76. The van der Waals surface area contributed by atoms with E-state index >= 15 is 0 Å². The predicted molar refractivity (Wildman–Crippen MR) is 91.9 cm³/mol. The number of benzene rings is 2. The second kappa shape index (κ2) is 7.32. The second-order valence-corrected chi connectivity index (χ2v) is 6.26. The monoisotopic (exact) mass is 299 g/mol. The summed E-state index contributed by atoms with van der Waals surface area (Å²) in [6.45, 7) is 6.17. The summed E-state index contributed by atoms with van der Waals surface area (Å²) in [6.07, 6.45) is 0. The molecule has 0 aliphatic carbocycles. The van der Waals surface area contributed by atoms with Crippen LogP contribution in [-0.2, 0) is 10.5 Å². The van der Waals surface area contributed by atoms with Crippen molar-refractivity contribution in [1.82, 2.24) is 0 Å². The summed E-state index contributed by atoms with van der Waals surface area (Å²) in [6, 6.07) is 14.4. The number of thioether (sulfide) groups is 1. The largest absolute Gasteiger partial charge is 0.325 e. The quantitative estimate of drug-likeness (QED) is 0.881. The van der Waals surface area contributed by atoms with Gasteiger partial charge in [0.2, 0.25) is 5.91 Å². The highest BCUT2D eigenvalue weighted by atomic mass is 32.2. The summed E-state index contributed by atoms with van der Waals surface area (Å²) in [7, 11) is 0. The molecule has 2 nitrogen and oxygen atoms in total. The number of anilines is 1. The average Bonchev–Trinajstić information content (AvgIpc) is 2.44. The standard InChI is InChI=1S/C18H21NOS/c1-13-6-4-8-16(10-13)11-21-12-18(20)19-17-9-5-7-14(2)15(17)3/h4-10H,11-12H2,1-3H3,(H,19,20). The van der Waals surface area contributed by atoms with Gasteiger partial charge in [0.25, 0.3) is 0 Å². The van der Waals surface area contributed by atoms with Crippen molar-refractivity contribution >= 4 is 23.4 Å². The number of carbonyl (C=O) groups is 1. The molecule has 0 aromatic heterocycles. The van der Waals surface area contributed by atoms with Crippen LogP contribution in [0.3, 0.4) is 0 Å². The van der Waals surface area contributed by atoms with Crippen LogP contribution in [0.1, 0.15) is 22.3 Å². The molecule has 0 atom stereocenters. The molecule has 0 radical (unpaired) electrons. The summed E-state index contributed by atoms with van der Waals surface area (Å²) in [5.74, 6) is 1.39. The number of nitrogens with one attached hydrogen (secondary N) is 1. The smallest absolute Gasteiger partial charge is 0.234 e. The number of carbonyl (C=O) groups excluding carboxylic acids is 1. The van der Waals surface area contributed by atoms with Crippen molar-refractivity contribution in [3.05, 3.63) is 64.7 Å². The molecule has 0 saturated carbocycles. The number of hydrogen-bond donors (Lipinski definition) is 1. The molecule has 1 N–H and O–H groups in total. The molecule has 2 aromatic carbocycles. The van der Waals surface area contributed by atoms with Crippen molar-refractivity contribution in [2.45, 2.75) is 26.5 Å². The lowest BCUT2D eigenvalue weighted by Crippen LogP contribution is -2.15.